The van der Waals surface area contributed by atoms with Crippen LogP contribution in [0.1, 0.15) is 25.0 Å². The third-order valence-corrected chi connectivity index (χ3v) is 3.27. The van der Waals surface area contributed by atoms with Crippen LogP contribution in [-0.4, -0.2) is 5.91 Å². The highest BCUT2D eigenvalue weighted by molar-refractivity contribution is 5.79. The van der Waals surface area contributed by atoms with E-state index in [9.17, 15) is 13.6 Å². The molecule has 0 spiro atoms. The van der Waals surface area contributed by atoms with Gasteiger partial charge in [0.15, 0.2) is 0 Å². The van der Waals surface area contributed by atoms with E-state index in [1.807, 2.05) is 13.8 Å². The monoisotopic (exact) mass is 289 g/mol. The quantitative estimate of drug-likeness (QED) is 0.916. The highest BCUT2D eigenvalue weighted by atomic mass is 19.1. The van der Waals surface area contributed by atoms with Crippen LogP contribution in [0.2, 0.25) is 0 Å². The zero-order chi connectivity index (χ0) is 15.5. The van der Waals surface area contributed by atoms with Crippen molar-refractivity contribution in [2.45, 2.75) is 25.8 Å². The van der Waals surface area contributed by atoms with E-state index in [1.54, 1.807) is 24.3 Å². The normalized spacial score (nSPS) is 11.2. The van der Waals surface area contributed by atoms with Crippen molar-refractivity contribution in [1.82, 2.24) is 5.32 Å². The predicted molar refractivity (Wildman–Crippen MR) is 77.7 cm³/mol. The lowest BCUT2D eigenvalue weighted by Gasteiger charge is -2.27. The molecule has 21 heavy (non-hydrogen) atoms. The van der Waals surface area contributed by atoms with Crippen LogP contribution in [0.3, 0.4) is 0 Å². The number of nitrogens with one attached hydrogen (secondary N) is 1. The van der Waals surface area contributed by atoms with Gasteiger partial charge in [0.1, 0.15) is 11.6 Å². The Balaban J connectivity index is 2.05. The van der Waals surface area contributed by atoms with Gasteiger partial charge in [0.25, 0.3) is 0 Å². The predicted octanol–water partition coefficient (Wildman–Crippen LogP) is 3.56. The topological polar surface area (TPSA) is 29.1 Å². The number of carbonyl (C=O) groups is 1. The van der Waals surface area contributed by atoms with Crippen molar-refractivity contribution in [3.63, 3.8) is 0 Å². The molecule has 0 saturated carbocycles. The third kappa shape index (κ3) is 4.12. The summed E-state index contributed by atoms with van der Waals surface area (Å²) >= 11 is 0. The summed E-state index contributed by atoms with van der Waals surface area (Å²) in [5.41, 5.74) is 0.789. The van der Waals surface area contributed by atoms with Crippen LogP contribution in [0.5, 0.6) is 0 Å². The molecule has 0 bridgehead atoms. The van der Waals surface area contributed by atoms with Crippen LogP contribution < -0.4 is 5.32 Å². The molecule has 4 heteroatoms. The summed E-state index contributed by atoms with van der Waals surface area (Å²) in [6.45, 7) is 3.67. The standard InChI is InChI=1S/C17H17F2NO/c1-17(2,13-6-8-14(18)9-7-13)20-16(21)11-12-4-3-5-15(19)10-12/h3-10H,11H2,1-2H3,(H,20,21). The second kappa shape index (κ2) is 6.04. The first kappa shape index (κ1) is 15.2. The number of hydrogen-bond donors (Lipinski definition) is 1. The second-order valence-electron chi connectivity index (χ2n) is 5.49. The van der Waals surface area contributed by atoms with Crippen molar-refractivity contribution in [1.29, 1.82) is 0 Å². The van der Waals surface area contributed by atoms with Gasteiger partial charge in [0.05, 0.1) is 12.0 Å². The van der Waals surface area contributed by atoms with Gasteiger partial charge < -0.3 is 5.32 Å². The fourth-order valence-corrected chi connectivity index (χ4v) is 2.16. The number of benzene rings is 2. The number of carbonyl (C=O) groups excluding carboxylic acids is 1. The van der Waals surface area contributed by atoms with E-state index in [2.05, 4.69) is 5.32 Å². The van der Waals surface area contributed by atoms with E-state index < -0.39 is 5.54 Å². The van der Waals surface area contributed by atoms with E-state index in [1.165, 1.54) is 24.3 Å². The average molecular weight is 289 g/mol. The Morgan fingerprint density at radius 3 is 2.33 bits per heavy atom. The lowest BCUT2D eigenvalue weighted by molar-refractivity contribution is -0.122. The maximum absolute atomic E-state index is 13.1. The molecule has 0 unspecified atom stereocenters. The lowest BCUT2D eigenvalue weighted by Crippen LogP contribution is -2.41. The Labute approximate surface area is 122 Å². The molecule has 0 saturated heterocycles. The van der Waals surface area contributed by atoms with Gasteiger partial charge >= 0.3 is 0 Å². The van der Waals surface area contributed by atoms with Crippen molar-refractivity contribution in [2.75, 3.05) is 0 Å². The molecule has 0 fully saturated rings. The molecule has 2 rings (SSSR count). The molecular weight excluding hydrogens is 272 g/mol. The van der Waals surface area contributed by atoms with Crippen LogP contribution in [0.4, 0.5) is 8.78 Å². The first-order chi connectivity index (χ1) is 9.87. The van der Waals surface area contributed by atoms with Crippen molar-refractivity contribution < 1.29 is 13.6 Å². The van der Waals surface area contributed by atoms with Gasteiger partial charge in [0, 0.05) is 0 Å². The van der Waals surface area contributed by atoms with E-state index in [-0.39, 0.29) is 24.0 Å². The van der Waals surface area contributed by atoms with Crippen molar-refractivity contribution in [3.05, 3.63) is 71.3 Å². The molecule has 1 N–H and O–H groups in total. The number of amides is 1. The van der Waals surface area contributed by atoms with Crippen LogP contribution in [0, 0.1) is 11.6 Å². The molecule has 0 atom stereocenters. The Morgan fingerprint density at radius 1 is 1.05 bits per heavy atom. The maximum atomic E-state index is 13.1. The Bertz CT molecular complexity index is 635. The highest BCUT2D eigenvalue weighted by Gasteiger charge is 2.22. The molecule has 0 aliphatic heterocycles. The molecule has 0 heterocycles. The molecule has 0 aliphatic carbocycles. The molecule has 0 aromatic heterocycles. The zero-order valence-electron chi connectivity index (χ0n) is 12.0. The summed E-state index contributed by atoms with van der Waals surface area (Å²) < 4.78 is 26.0. The van der Waals surface area contributed by atoms with Gasteiger partial charge in [0.2, 0.25) is 5.91 Å². The summed E-state index contributed by atoms with van der Waals surface area (Å²) in [6, 6.07) is 11.9. The number of hydrogen-bond acceptors (Lipinski definition) is 1. The minimum absolute atomic E-state index is 0.0996. The smallest absolute Gasteiger partial charge is 0.225 e. The van der Waals surface area contributed by atoms with Gasteiger partial charge in [-0.05, 0) is 49.2 Å². The lowest BCUT2D eigenvalue weighted by atomic mass is 9.94. The Morgan fingerprint density at radius 2 is 1.71 bits per heavy atom. The van der Waals surface area contributed by atoms with Gasteiger partial charge in [-0.1, -0.05) is 24.3 Å². The van der Waals surface area contributed by atoms with E-state index >= 15 is 0 Å². The fraction of sp³-hybridized carbons (Fsp3) is 0.235. The van der Waals surface area contributed by atoms with Gasteiger partial charge in [-0.3, -0.25) is 4.79 Å². The van der Waals surface area contributed by atoms with Crippen LogP contribution in [0.15, 0.2) is 48.5 Å². The molecule has 1 amide bonds. The van der Waals surface area contributed by atoms with Gasteiger partial charge in [-0.2, -0.15) is 0 Å². The fourth-order valence-electron chi connectivity index (χ4n) is 2.16. The van der Waals surface area contributed by atoms with Gasteiger partial charge in [-0.25, -0.2) is 8.78 Å². The molecule has 0 aliphatic rings. The van der Waals surface area contributed by atoms with Crippen LogP contribution in [-0.2, 0) is 16.8 Å². The number of halogens is 2. The van der Waals surface area contributed by atoms with E-state index in [0.717, 1.165) is 5.56 Å². The zero-order valence-corrected chi connectivity index (χ0v) is 12.0. The minimum Gasteiger partial charge on any atom is -0.347 e. The van der Waals surface area contributed by atoms with E-state index in [0.29, 0.717) is 5.56 Å². The average Bonchev–Trinajstić information content (AvgIpc) is 2.38. The minimum atomic E-state index is -0.627. The summed E-state index contributed by atoms with van der Waals surface area (Å²) in [4.78, 5) is 12.1. The van der Waals surface area contributed by atoms with Crippen molar-refractivity contribution >= 4 is 5.91 Å². The molecule has 2 nitrogen and oxygen atoms in total. The summed E-state index contributed by atoms with van der Waals surface area (Å²) in [7, 11) is 0. The van der Waals surface area contributed by atoms with Crippen molar-refractivity contribution in [3.8, 4) is 0 Å². The Hall–Kier alpha value is -2.23. The van der Waals surface area contributed by atoms with Crippen LogP contribution in [0.25, 0.3) is 0 Å². The maximum Gasteiger partial charge on any atom is 0.225 e. The van der Waals surface area contributed by atoms with E-state index in [4.69, 9.17) is 0 Å². The summed E-state index contributed by atoms with van der Waals surface area (Å²) in [6.07, 6.45) is 0.0996. The Kier molecular flexibility index (Phi) is 4.36. The SMILES string of the molecule is CC(C)(NC(=O)Cc1cccc(F)c1)c1ccc(F)cc1. The molecular formula is C17H17F2NO. The molecule has 2 aromatic carbocycles. The molecule has 2 aromatic rings. The first-order valence-electron chi connectivity index (χ1n) is 6.68. The summed E-state index contributed by atoms with van der Waals surface area (Å²) in [5, 5.41) is 2.88. The first-order valence-corrected chi connectivity index (χ1v) is 6.68. The second-order valence-corrected chi connectivity index (χ2v) is 5.49. The number of rotatable bonds is 4. The largest absolute Gasteiger partial charge is 0.347 e. The van der Waals surface area contributed by atoms with Crippen LogP contribution >= 0.6 is 0 Å². The molecule has 110 valence electrons. The molecule has 0 radical (unpaired) electrons. The summed E-state index contributed by atoms with van der Waals surface area (Å²) in [5.74, 6) is -0.895. The third-order valence-electron chi connectivity index (χ3n) is 3.27. The highest BCUT2D eigenvalue weighted by Crippen LogP contribution is 2.20. The van der Waals surface area contributed by atoms with Gasteiger partial charge in [-0.15, -0.1) is 0 Å². The van der Waals surface area contributed by atoms with Crippen molar-refractivity contribution in [2.24, 2.45) is 0 Å².